The third-order valence-electron chi connectivity index (χ3n) is 9.35. The van der Waals surface area contributed by atoms with E-state index in [2.05, 4.69) is 158 Å². The maximum Gasteiger partial charge on any atom is 0 e. The van der Waals surface area contributed by atoms with Gasteiger partial charge in [-0.05, 0) is 90.3 Å². The van der Waals surface area contributed by atoms with Crippen molar-refractivity contribution >= 4 is 86.2 Å². The summed E-state index contributed by atoms with van der Waals surface area (Å²) in [6, 6.07) is 61.0. The first-order valence-electron chi connectivity index (χ1n) is 15.2. The second kappa shape index (κ2) is 10.2. The molecule has 0 heterocycles. The van der Waals surface area contributed by atoms with Crippen molar-refractivity contribution in [2.45, 2.75) is 0 Å². The molecule has 0 aliphatic rings. The van der Waals surface area contributed by atoms with Crippen LogP contribution in [0.4, 0.5) is 0 Å². The maximum atomic E-state index is 3.72. The van der Waals surface area contributed by atoms with Crippen molar-refractivity contribution in [1.82, 2.24) is 0 Å². The van der Waals surface area contributed by atoms with E-state index in [1.807, 2.05) is 0 Å². The Morgan fingerprint density at radius 1 is 0.244 bits per heavy atom. The summed E-state index contributed by atoms with van der Waals surface area (Å²) in [4.78, 5) is 0. The van der Waals surface area contributed by atoms with Gasteiger partial charge in [0.15, 0.2) is 0 Å². The van der Waals surface area contributed by atoms with Gasteiger partial charge < -0.3 is 0 Å². The molecule has 0 saturated heterocycles. The van der Waals surface area contributed by atoms with Crippen LogP contribution in [0.5, 0.6) is 0 Å². The van der Waals surface area contributed by atoms with Gasteiger partial charge >= 0.3 is 0 Å². The van der Waals surface area contributed by atoms with Crippen LogP contribution in [0.2, 0.25) is 0 Å². The van der Waals surface area contributed by atoms with Crippen molar-refractivity contribution in [2.24, 2.45) is 0 Å². The molecular formula is C44H24Y-2. The van der Waals surface area contributed by atoms with Crippen LogP contribution < -0.4 is 0 Å². The van der Waals surface area contributed by atoms with Crippen LogP contribution in [0.3, 0.4) is 0 Å². The number of hydrogen-bond acceptors (Lipinski definition) is 0. The van der Waals surface area contributed by atoms with Gasteiger partial charge in [-0.2, -0.15) is 35.4 Å². The summed E-state index contributed by atoms with van der Waals surface area (Å²) in [6.45, 7) is 0. The van der Waals surface area contributed by atoms with Crippen molar-refractivity contribution in [3.8, 4) is 11.1 Å². The third-order valence-corrected chi connectivity index (χ3v) is 9.35. The minimum absolute atomic E-state index is 0. The second-order valence-corrected chi connectivity index (χ2v) is 12.1. The molecule has 0 aliphatic heterocycles. The molecule has 10 aromatic carbocycles. The number of hydrogen-bond donors (Lipinski definition) is 0. The topological polar surface area (TPSA) is 0 Å². The molecule has 0 bridgehead atoms. The predicted octanol–water partition coefficient (Wildman–Crippen LogP) is 12.2. The summed E-state index contributed by atoms with van der Waals surface area (Å²) in [5.74, 6) is 0. The average Bonchev–Trinajstić information content (AvgIpc) is 3.05. The summed E-state index contributed by atoms with van der Waals surface area (Å²) in [6.07, 6.45) is 0. The Morgan fingerprint density at radius 2 is 0.511 bits per heavy atom. The second-order valence-electron chi connectivity index (χ2n) is 12.1. The van der Waals surface area contributed by atoms with Gasteiger partial charge in [0.25, 0.3) is 0 Å². The molecule has 0 atom stereocenters. The molecule has 1 radical (unpaired) electrons. The van der Waals surface area contributed by atoms with E-state index in [-0.39, 0.29) is 32.7 Å². The first kappa shape index (κ1) is 26.8. The van der Waals surface area contributed by atoms with E-state index in [4.69, 9.17) is 0 Å². The van der Waals surface area contributed by atoms with E-state index in [9.17, 15) is 0 Å². The molecule has 0 nitrogen and oxygen atoms in total. The number of rotatable bonds is 1. The van der Waals surface area contributed by atoms with Crippen LogP contribution >= 0.6 is 0 Å². The van der Waals surface area contributed by atoms with E-state index in [0.717, 1.165) is 21.9 Å². The standard InChI is InChI=1S/C44H24.Y/c1-3-7-29-15-39-25-43-21-35-17-31(9-11-33(35)19-41(43)23-37(39)13-27(29)5-1)32-10-12-34-20-42-24-38-14-28-6-2-4-8-30(28)16-40(38)26-44(42)22-36(34)18-32;/h1-16,19-26H;/q-2;. The average molecular weight is 642 g/mol. The van der Waals surface area contributed by atoms with Gasteiger partial charge in [-0.3, -0.25) is 0 Å². The molecule has 0 amide bonds. The van der Waals surface area contributed by atoms with Gasteiger partial charge in [-0.15, -0.1) is 35.0 Å². The van der Waals surface area contributed by atoms with Crippen molar-refractivity contribution in [1.29, 1.82) is 0 Å². The van der Waals surface area contributed by atoms with Crippen molar-refractivity contribution in [3.63, 3.8) is 0 Å². The Balaban J connectivity index is 0.00000281. The molecule has 0 aliphatic carbocycles. The smallest absolute Gasteiger partial charge is 0 e. The molecule has 0 N–H and O–H groups in total. The summed E-state index contributed by atoms with van der Waals surface area (Å²) < 4.78 is 0. The predicted molar refractivity (Wildman–Crippen MR) is 190 cm³/mol. The fourth-order valence-corrected chi connectivity index (χ4v) is 7.05. The van der Waals surface area contributed by atoms with Crippen molar-refractivity contribution in [2.75, 3.05) is 0 Å². The van der Waals surface area contributed by atoms with Gasteiger partial charge in [0.2, 0.25) is 0 Å². The third kappa shape index (κ3) is 4.44. The van der Waals surface area contributed by atoms with Gasteiger partial charge in [0.1, 0.15) is 0 Å². The normalized spacial score (nSPS) is 11.8. The van der Waals surface area contributed by atoms with E-state index in [0.29, 0.717) is 0 Å². The van der Waals surface area contributed by atoms with Gasteiger partial charge in [0, 0.05) is 32.7 Å². The summed E-state index contributed by atoms with van der Waals surface area (Å²) >= 11 is 0. The Morgan fingerprint density at radius 3 is 0.844 bits per heavy atom. The van der Waals surface area contributed by atoms with E-state index in [1.165, 1.54) is 75.4 Å². The molecule has 205 valence electrons. The van der Waals surface area contributed by atoms with Gasteiger partial charge in [-0.1, -0.05) is 94.3 Å². The molecule has 0 aromatic heterocycles. The summed E-state index contributed by atoms with van der Waals surface area (Å²) in [7, 11) is 0. The zero-order valence-corrected chi connectivity index (χ0v) is 27.3. The monoisotopic (exact) mass is 641 g/mol. The quantitative estimate of drug-likeness (QED) is 0.124. The minimum atomic E-state index is 0. The van der Waals surface area contributed by atoms with Crippen LogP contribution in [0.25, 0.3) is 97.3 Å². The van der Waals surface area contributed by atoms with Gasteiger partial charge in [-0.25, -0.2) is 0 Å². The fourth-order valence-electron chi connectivity index (χ4n) is 7.05. The van der Waals surface area contributed by atoms with Crippen molar-refractivity contribution < 1.29 is 32.7 Å². The Hall–Kier alpha value is -4.62. The largest absolute Gasteiger partial charge is 0.183 e. The Labute approximate surface area is 285 Å². The van der Waals surface area contributed by atoms with E-state index >= 15 is 0 Å². The number of benzene rings is 10. The van der Waals surface area contributed by atoms with Gasteiger partial charge in [0.05, 0.1) is 0 Å². The molecule has 0 saturated carbocycles. The first-order chi connectivity index (χ1) is 21.7. The Bertz CT molecular complexity index is 2630. The van der Waals surface area contributed by atoms with Crippen LogP contribution in [-0.2, 0) is 32.7 Å². The Kier molecular flexibility index (Phi) is 6.07. The molecule has 10 aromatic rings. The maximum absolute atomic E-state index is 3.72. The molecule has 45 heavy (non-hydrogen) atoms. The molecular weight excluding hydrogens is 617 g/mol. The van der Waals surface area contributed by atoms with E-state index in [1.54, 1.807) is 0 Å². The minimum Gasteiger partial charge on any atom is -0.183 e. The fraction of sp³-hybridized carbons (Fsp3) is 0. The first-order valence-corrected chi connectivity index (χ1v) is 15.2. The SMILES string of the molecule is [Y].[c-]1c(-c2[c-]c3cc4cc5cc6ccccc6cc5cc4cc3cc2)ccc2cc3cc4cc5ccccc5cc4cc3cc12. The van der Waals surface area contributed by atoms with Crippen LogP contribution in [0.1, 0.15) is 0 Å². The molecule has 0 spiro atoms. The van der Waals surface area contributed by atoms with Crippen LogP contribution in [0.15, 0.2) is 146 Å². The molecule has 0 unspecified atom stereocenters. The van der Waals surface area contributed by atoms with E-state index < -0.39 is 0 Å². The van der Waals surface area contributed by atoms with Crippen LogP contribution in [-0.4, -0.2) is 0 Å². The van der Waals surface area contributed by atoms with Crippen molar-refractivity contribution in [3.05, 3.63) is 158 Å². The summed E-state index contributed by atoms with van der Waals surface area (Å²) in [5, 5.41) is 19.8. The summed E-state index contributed by atoms with van der Waals surface area (Å²) in [5.41, 5.74) is 2.13. The molecule has 0 fully saturated rings. The molecule has 1 heteroatoms. The zero-order chi connectivity index (χ0) is 28.8. The van der Waals surface area contributed by atoms with Crippen LogP contribution in [0, 0.1) is 12.1 Å². The zero-order valence-electron chi connectivity index (χ0n) is 24.4. The number of fused-ring (bicyclic) bond motifs is 8. The molecule has 10 rings (SSSR count).